The summed E-state index contributed by atoms with van der Waals surface area (Å²) in [5.41, 5.74) is 3.19. The van der Waals surface area contributed by atoms with Gasteiger partial charge in [0, 0.05) is 44.4 Å². The summed E-state index contributed by atoms with van der Waals surface area (Å²) in [7, 11) is 0. The van der Waals surface area contributed by atoms with Gasteiger partial charge in [-0.25, -0.2) is 0 Å². The molecule has 2 aliphatic rings. The van der Waals surface area contributed by atoms with E-state index in [0.29, 0.717) is 6.42 Å². The lowest BCUT2D eigenvalue weighted by Gasteiger charge is -2.47. The van der Waals surface area contributed by atoms with Crippen LogP contribution in [0.2, 0.25) is 0 Å². The molecule has 1 amide bonds. The Balaban J connectivity index is 1.33. The third-order valence-corrected chi connectivity index (χ3v) is 6.56. The van der Waals surface area contributed by atoms with Crippen LogP contribution in [0.25, 0.3) is 0 Å². The van der Waals surface area contributed by atoms with E-state index in [2.05, 4.69) is 26.9 Å². The molecule has 1 aromatic heterocycles. The van der Waals surface area contributed by atoms with Gasteiger partial charge in [0.1, 0.15) is 0 Å². The first-order valence-corrected chi connectivity index (χ1v) is 10.6. The fourth-order valence-corrected chi connectivity index (χ4v) is 4.70. The van der Waals surface area contributed by atoms with Crippen LogP contribution < -0.4 is 0 Å². The van der Waals surface area contributed by atoms with E-state index in [1.54, 1.807) is 0 Å². The summed E-state index contributed by atoms with van der Waals surface area (Å²) >= 11 is 0. The third kappa shape index (κ3) is 4.65. The van der Waals surface area contributed by atoms with Crippen molar-refractivity contribution < 1.29 is 4.79 Å². The molecule has 4 rings (SSSR count). The summed E-state index contributed by atoms with van der Waals surface area (Å²) in [5.74, 6) is 0.289. The van der Waals surface area contributed by atoms with Gasteiger partial charge in [0.05, 0.1) is 11.6 Å². The Morgan fingerprint density at radius 3 is 2.62 bits per heavy atom. The number of amides is 1. The number of piperidine rings is 2. The van der Waals surface area contributed by atoms with Gasteiger partial charge >= 0.3 is 0 Å². The normalized spacial score (nSPS) is 19.3. The summed E-state index contributed by atoms with van der Waals surface area (Å²) in [6, 6.07) is 16.1. The van der Waals surface area contributed by atoms with Gasteiger partial charge in [0.15, 0.2) is 0 Å². The smallest absolute Gasteiger partial charge is 0.222 e. The number of nitrogens with zero attached hydrogens (tertiary/aromatic N) is 4. The number of carbonyl (C=O) groups is 1. The maximum Gasteiger partial charge on any atom is 0.222 e. The molecule has 2 aromatic rings. The van der Waals surface area contributed by atoms with Crippen molar-refractivity contribution in [2.24, 2.45) is 5.41 Å². The van der Waals surface area contributed by atoms with E-state index in [1.165, 1.54) is 0 Å². The summed E-state index contributed by atoms with van der Waals surface area (Å²) in [5, 5.41) is 9.32. The molecule has 2 saturated heterocycles. The molecule has 0 unspecified atom stereocenters. The highest BCUT2D eigenvalue weighted by molar-refractivity contribution is 5.77. The van der Waals surface area contributed by atoms with Gasteiger partial charge in [-0.3, -0.25) is 14.7 Å². The Hall–Kier alpha value is -2.71. The van der Waals surface area contributed by atoms with Crippen molar-refractivity contribution in [2.45, 2.75) is 38.6 Å². The Kier molecular flexibility index (Phi) is 5.92. The molecule has 3 heterocycles. The Labute approximate surface area is 173 Å². The summed E-state index contributed by atoms with van der Waals surface area (Å²) < 4.78 is 0. The highest BCUT2D eigenvalue weighted by atomic mass is 16.2. The second-order valence-electron chi connectivity index (χ2n) is 8.43. The van der Waals surface area contributed by atoms with Gasteiger partial charge < -0.3 is 4.90 Å². The van der Waals surface area contributed by atoms with Crippen molar-refractivity contribution in [2.75, 3.05) is 26.2 Å². The predicted octanol–water partition coefficient (Wildman–Crippen LogP) is 3.40. The predicted molar refractivity (Wildman–Crippen MR) is 112 cm³/mol. The quantitative estimate of drug-likeness (QED) is 0.788. The molecular formula is C24H28N4O. The lowest BCUT2D eigenvalue weighted by atomic mass is 9.72. The molecule has 150 valence electrons. The molecule has 0 aliphatic carbocycles. The van der Waals surface area contributed by atoms with Crippen LogP contribution in [-0.2, 0) is 17.8 Å². The van der Waals surface area contributed by atoms with Crippen LogP contribution in [0.4, 0.5) is 0 Å². The van der Waals surface area contributed by atoms with Gasteiger partial charge in [-0.2, -0.15) is 5.26 Å². The topological polar surface area (TPSA) is 60.2 Å². The van der Waals surface area contributed by atoms with E-state index in [-0.39, 0.29) is 11.3 Å². The number of pyridine rings is 1. The molecule has 0 N–H and O–H groups in total. The van der Waals surface area contributed by atoms with Crippen molar-refractivity contribution in [3.05, 3.63) is 65.5 Å². The van der Waals surface area contributed by atoms with Gasteiger partial charge in [0.25, 0.3) is 0 Å². The van der Waals surface area contributed by atoms with Crippen molar-refractivity contribution in [3.63, 3.8) is 0 Å². The first kappa shape index (κ1) is 19.6. The second kappa shape index (κ2) is 8.75. The minimum atomic E-state index is 0.253. The largest absolute Gasteiger partial charge is 0.342 e. The minimum Gasteiger partial charge on any atom is -0.342 e. The Morgan fingerprint density at radius 1 is 1.07 bits per heavy atom. The van der Waals surface area contributed by atoms with E-state index < -0.39 is 0 Å². The van der Waals surface area contributed by atoms with Crippen LogP contribution in [0.15, 0.2) is 48.7 Å². The molecule has 0 saturated carbocycles. The number of nitriles is 1. The molecule has 0 bridgehead atoms. The molecule has 0 radical (unpaired) electrons. The van der Waals surface area contributed by atoms with Crippen LogP contribution in [0.5, 0.6) is 0 Å². The monoisotopic (exact) mass is 388 g/mol. The molecule has 2 fully saturated rings. The minimum absolute atomic E-state index is 0.253. The first-order valence-electron chi connectivity index (χ1n) is 10.6. The first-order chi connectivity index (χ1) is 14.2. The number of hydrogen-bond donors (Lipinski definition) is 0. The molecular weight excluding hydrogens is 360 g/mol. The lowest BCUT2D eigenvalue weighted by Crippen LogP contribution is -2.51. The average Bonchev–Trinajstić information content (AvgIpc) is 2.77. The van der Waals surface area contributed by atoms with Crippen LogP contribution >= 0.6 is 0 Å². The van der Waals surface area contributed by atoms with Crippen molar-refractivity contribution in [1.82, 2.24) is 14.8 Å². The summed E-state index contributed by atoms with van der Waals surface area (Å²) in [6.45, 7) is 4.53. The molecule has 5 nitrogen and oxygen atoms in total. The highest BCUT2D eigenvalue weighted by Crippen LogP contribution is 2.40. The third-order valence-electron chi connectivity index (χ3n) is 6.56. The van der Waals surface area contributed by atoms with E-state index in [1.807, 2.05) is 42.6 Å². The van der Waals surface area contributed by atoms with Crippen LogP contribution in [0, 0.1) is 16.7 Å². The van der Waals surface area contributed by atoms with E-state index in [0.717, 1.165) is 75.2 Å². The summed E-state index contributed by atoms with van der Waals surface area (Å²) in [6.07, 6.45) is 6.55. The Bertz CT molecular complexity index is 881. The maximum absolute atomic E-state index is 12.5. The molecule has 2 aliphatic heterocycles. The number of aromatic nitrogens is 1. The average molecular weight is 389 g/mol. The zero-order valence-electron chi connectivity index (χ0n) is 16.9. The zero-order chi connectivity index (χ0) is 20.1. The second-order valence-corrected chi connectivity index (χ2v) is 8.43. The molecule has 0 atom stereocenters. The number of benzene rings is 1. The zero-order valence-corrected chi connectivity index (χ0v) is 16.9. The highest BCUT2D eigenvalue weighted by Gasteiger charge is 2.40. The van der Waals surface area contributed by atoms with Gasteiger partial charge in [-0.1, -0.05) is 24.3 Å². The standard InChI is InChI=1S/C24H28N4O/c25-17-20-5-1-2-6-21(20)18-27-15-11-24(12-16-27)10-8-23(29)28(19-24)14-9-22-7-3-4-13-26-22/h1-7,13H,8-12,14-16,18-19H2. The number of carbonyl (C=O) groups excluding carboxylic acids is 1. The number of likely N-dealkylation sites (tertiary alicyclic amines) is 2. The fraction of sp³-hybridized carbons (Fsp3) is 0.458. The van der Waals surface area contributed by atoms with Crippen molar-refractivity contribution >= 4 is 5.91 Å². The van der Waals surface area contributed by atoms with Crippen molar-refractivity contribution in [3.8, 4) is 6.07 Å². The molecule has 29 heavy (non-hydrogen) atoms. The molecule has 1 spiro atoms. The fourth-order valence-electron chi connectivity index (χ4n) is 4.70. The Morgan fingerprint density at radius 2 is 1.86 bits per heavy atom. The molecule has 1 aromatic carbocycles. The van der Waals surface area contributed by atoms with Crippen LogP contribution in [0.1, 0.15) is 42.5 Å². The van der Waals surface area contributed by atoms with Crippen LogP contribution in [-0.4, -0.2) is 46.9 Å². The van der Waals surface area contributed by atoms with Gasteiger partial charge in [-0.15, -0.1) is 0 Å². The van der Waals surface area contributed by atoms with E-state index in [4.69, 9.17) is 0 Å². The lowest BCUT2D eigenvalue weighted by molar-refractivity contribution is -0.139. The van der Waals surface area contributed by atoms with Crippen LogP contribution in [0.3, 0.4) is 0 Å². The number of rotatable bonds is 5. The molecule has 5 heteroatoms. The SMILES string of the molecule is N#Cc1ccccc1CN1CCC2(CCC(=O)N(CCc3ccccn3)C2)CC1. The number of hydrogen-bond acceptors (Lipinski definition) is 4. The van der Waals surface area contributed by atoms with Gasteiger partial charge in [-0.05, 0) is 61.5 Å². The van der Waals surface area contributed by atoms with E-state index in [9.17, 15) is 10.1 Å². The van der Waals surface area contributed by atoms with Gasteiger partial charge in [0.2, 0.25) is 5.91 Å². The summed E-state index contributed by atoms with van der Waals surface area (Å²) in [4.78, 5) is 21.4. The van der Waals surface area contributed by atoms with E-state index >= 15 is 0 Å². The van der Waals surface area contributed by atoms with Crippen molar-refractivity contribution in [1.29, 1.82) is 5.26 Å². The maximum atomic E-state index is 12.5.